The van der Waals surface area contributed by atoms with Gasteiger partial charge in [-0.15, -0.1) is 0 Å². The SMILES string of the molecule is CC1CC2=C(C=C1c1cccnc1)Oc1c(O)cccc1C2C1CC2CCC(C1)N2CCc1ccccc1. The zero-order valence-corrected chi connectivity index (χ0v) is 22.1. The summed E-state index contributed by atoms with van der Waals surface area (Å²) in [6.45, 7) is 3.48. The van der Waals surface area contributed by atoms with Crippen molar-refractivity contribution >= 4 is 5.57 Å². The van der Waals surface area contributed by atoms with Gasteiger partial charge in [-0.1, -0.05) is 55.5 Å². The van der Waals surface area contributed by atoms with E-state index in [4.69, 9.17) is 4.74 Å². The summed E-state index contributed by atoms with van der Waals surface area (Å²) in [7, 11) is 0. The van der Waals surface area contributed by atoms with Gasteiger partial charge in [0.25, 0.3) is 0 Å². The van der Waals surface area contributed by atoms with E-state index in [1.807, 2.05) is 24.5 Å². The number of ether oxygens (including phenoxy) is 1. The van der Waals surface area contributed by atoms with E-state index in [0.717, 1.165) is 30.7 Å². The van der Waals surface area contributed by atoms with Crippen molar-refractivity contribution in [2.45, 2.75) is 63.5 Å². The van der Waals surface area contributed by atoms with E-state index in [2.05, 4.69) is 65.3 Å². The molecule has 0 spiro atoms. The van der Waals surface area contributed by atoms with Crippen LogP contribution in [-0.2, 0) is 6.42 Å². The highest BCUT2D eigenvalue weighted by Crippen LogP contribution is 2.55. The lowest BCUT2D eigenvalue weighted by molar-refractivity contribution is 0.0954. The van der Waals surface area contributed by atoms with Crippen LogP contribution in [0, 0.1) is 11.8 Å². The van der Waals surface area contributed by atoms with Crippen LogP contribution in [0.5, 0.6) is 11.5 Å². The Bertz CT molecular complexity index is 1370. The van der Waals surface area contributed by atoms with Gasteiger partial charge in [0, 0.05) is 42.5 Å². The Balaban J connectivity index is 1.20. The van der Waals surface area contributed by atoms with Crippen molar-refractivity contribution in [3.8, 4) is 11.5 Å². The summed E-state index contributed by atoms with van der Waals surface area (Å²) in [6, 6.07) is 22.3. The van der Waals surface area contributed by atoms with Gasteiger partial charge in [-0.05, 0) is 90.8 Å². The monoisotopic (exact) mass is 504 g/mol. The largest absolute Gasteiger partial charge is 0.504 e. The van der Waals surface area contributed by atoms with Crippen molar-refractivity contribution < 1.29 is 9.84 Å². The molecule has 3 aromatic rings. The summed E-state index contributed by atoms with van der Waals surface area (Å²) in [5, 5.41) is 10.8. The summed E-state index contributed by atoms with van der Waals surface area (Å²) in [6.07, 6.45) is 13.2. The predicted molar refractivity (Wildman–Crippen MR) is 151 cm³/mol. The number of allylic oxidation sites excluding steroid dienone is 3. The third-order valence-electron chi connectivity index (χ3n) is 9.50. The van der Waals surface area contributed by atoms with E-state index in [1.165, 1.54) is 48.0 Å². The molecule has 2 saturated heterocycles. The van der Waals surface area contributed by atoms with Crippen LogP contribution >= 0.6 is 0 Å². The Morgan fingerprint density at radius 2 is 1.79 bits per heavy atom. The summed E-state index contributed by atoms with van der Waals surface area (Å²) < 4.78 is 6.49. The van der Waals surface area contributed by atoms with Gasteiger partial charge in [0.15, 0.2) is 11.5 Å². The molecule has 0 amide bonds. The first kappa shape index (κ1) is 23.7. The highest BCUT2D eigenvalue weighted by Gasteiger charge is 2.46. The van der Waals surface area contributed by atoms with Gasteiger partial charge in [-0.3, -0.25) is 9.88 Å². The molecule has 4 heterocycles. The first-order valence-electron chi connectivity index (χ1n) is 14.3. The number of benzene rings is 2. The van der Waals surface area contributed by atoms with Crippen LogP contribution in [0.3, 0.4) is 0 Å². The van der Waals surface area contributed by atoms with Crippen LogP contribution < -0.4 is 4.74 Å². The predicted octanol–water partition coefficient (Wildman–Crippen LogP) is 7.13. The molecule has 2 aromatic carbocycles. The van der Waals surface area contributed by atoms with Crippen LogP contribution in [0.25, 0.3) is 5.57 Å². The number of aromatic hydroxyl groups is 1. The molecule has 4 unspecified atom stereocenters. The summed E-state index contributed by atoms with van der Waals surface area (Å²) >= 11 is 0. The average molecular weight is 505 g/mol. The number of piperidine rings is 1. The number of pyridine rings is 1. The number of phenols is 1. The van der Waals surface area contributed by atoms with E-state index in [9.17, 15) is 5.11 Å². The molecular formula is C34H36N2O2. The molecule has 2 fully saturated rings. The number of nitrogens with zero attached hydrogens (tertiary/aromatic N) is 2. The maximum Gasteiger partial charge on any atom is 0.172 e. The molecule has 3 aliphatic heterocycles. The number of para-hydroxylation sites is 1. The Kier molecular flexibility index (Phi) is 6.08. The van der Waals surface area contributed by atoms with Gasteiger partial charge < -0.3 is 9.84 Å². The van der Waals surface area contributed by atoms with E-state index < -0.39 is 0 Å². The maximum atomic E-state index is 10.8. The fourth-order valence-corrected chi connectivity index (χ4v) is 7.78. The second kappa shape index (κ2) is 9.74. The summed E-state index contributed by atoms with van der Waals surface area (Å²) in [5.74, 6) is 3.11. The molecule has 1 aromatic heterocycles. The van der Waals surface area contributed by atoms with Crippen LogP contribution in [0.15, 0.2) is 90.5 Å². The Hall–Kier alpha value is -3.37. The summed E-state index contributed by atoms with van der Waals surface area (Å²) in [4.78, 5) is 7.17. The fraction of sp³-hybridized carbons (Fsp3) is 0.382. The van der Waals surface area contributed by atoms with Gasteiger partial charge in [-0.2, -0.15) is 0 Å². The van der Waals surface area contributed by atoms with E-state index in [0.29, 0.717) is 35.6 Å². The van der Waals surface area contributed by atoms with Gasteiger partial charge >= 0.3 is 0 Å². The first-order valence-corrected chi connectivity index (χ1v) is 14.3. The number of aromatic nitrogens is 1. The first-order chi connectivity index (χ1) is 18.7. The van der Waals surface area contributed by atoms with E-state index in [-0.39, 0.29) is 5.75 Å². The van der Waals surface area contributed by atoms with Crippen LogP contribution in [0.1, 0.15) is 61.6 Å². The molecule has 7 rings (SSSR count). The van der Waals surface area contributed by atoms with Crippen molar-refractivity contribution in [1.29, 1.82) is 0 Å². The molecule has 4 nitrogen and oxygen atoms in total. The lowest BCUT2D eigenvalue weighted by Crippen LogP contribution is -2.45. The topological polar surface area (TPSA) is 45.6 Å². The lowest BCUT2D eigenvalue weighted by Gasteiger charge is -2.45. The van der Waals surface area contributed by atoms with Crippen LogP contribution in [0.2, 0.25) is 0 Å². The Morgan fingerprint density at radius 1 is 0.974 bits per heavy atom. The molecule has 1 aliphatic carbocycles. The van der Waals surface area contributed by atoms with Gasteiger partial charge in [0.1, 0.15) is 5.76 Å². The van der Waals surface area contributed by atoms with Crippen molar-refractivity contribution in [1.82, 2.24) is 9.88 Å². The third kappa shape index (κ3) is 4.16. The number of rotatable bonds is 5. The molecule has 0 radical (unpaired) electrons. The molecule has 38 heavy (non-hydrogen) atoms. The van der Waals surface area contributed by atoms with Crippen LogP contribution in [-0.4, -0.2) is 33.6 Å². The normalized spacial score (nSPS) is 28.3. The molecule has 194 valence electrons. The van der Waals surface area contributed by atoms with Crippen molar-refractivity contribution in [2.75, 3.05) is 6.54 Å². The molecule has 4 aliphatic rings. The molecule has 4 heteroatoms. The molecular weight excluding hydrogens is 468 g/mol. The van der Waals surface area contributed by atoms with Crippen LogP contribution in [0.4, 0.5) is 0 Å². The summed E-state index contributed by atoms with van der Waals surface area (Å²) in [5.41, 5.74) is 6.46. The van der Waals surface area contributed by atoms with Gasteiger partial charge in [0.2, 0.25) is 0 Å². The lowest BCUT2D eigenvalue weighted by atomic mass is 9.68. The zero-order valence-electron chi connectivity index (χ0n) is 22.1. The minimum absolute atomic E-state index is 0.247. The number of hydrogen-bond donors (Lipinski definition) is 1. The Labute approximate surface area is 225 Å². The molecule has 1 N–H and O–H groups in total. The fourth-order valence-electron chi connectivity index (χ4n) is 7.78. The smallest absolute Gasteiger partial charge is 0.172 e. The average Bonchev–Trinajstić information content (AvgIpc) is 3.18. The maximum absolute atomic E-state index is 10.8. The minimum Gasteiger partial charge on any atom is -0.504 e. The third-order valence-corrected chi connectivity index (χ3v) is 9.50. The second-order valence-electron chi connectivity index (χ2n) is 11.7. The van der Waals surface area contributed by atoms with E-state index >= 15 is 0 Å². The number of fused-ring (bicyclic) bond motifs is 3. The molecule has 4 atom stereocenters. The quantitative estimate of drug-likeness (QED) is 0.402. The zero-order chi connectivity index (χ0) is 25.6. The number of phenolic OH excluding ortho intramolecular Hbond substituents is 1. The highest BCUT2D eigenvalue weighted by molar-refractivity contribution is 5.72. The minimum atomic E-state index is 0.247. The van der Waals surface area contributed by atoms with Gasteiger partial charge in [-0.25, -0.2) is 0 Å². The molecule has 0 saturated carbocycles. The van der Waals surface area contributed by atoms with Crippen molar-refractivity contribution in [3.63, 3.8) is 0 Å². The van der Waals surface area contributed by atoms with Gasteiger partial charge in [0.05, 0.1) is 0 Å². The standard InChI is InChI=1S/C34H36N2O2/c1-22-17-30-32(20-29(22)24-9-6-15-35-21-24)38-34-28(10-5-11-31(34)37)33(30)25-18-26-12-13-27(19-25)36(26)16-14-23-7-3-2-4-8-23/h2-11,15,20-22,25-27,33,37H,12-14,16-19H2,1H3. The second-order valence-corrected chi connectivity index (χ2v) is 11.7. The van der Waals surface area contributed by atoms with E-state index in [1.54, 1.807) is 6.07 Å². The van der Waals surface area contributed by atoms with Crippen molar-refractivity contribution in [3.05, 3.63) is 107 Å². The Morgan fingerprint density at radius 3 is 2.55 bits per heavy atom. The highest BCUT2D eigenvalue weighted by atomic mass is 16.5. The molecule has 2 bridgehead atoms. The number of hydrogen-bond acceptors (Lipinski definition) is 4. The van der Waals surface area contributed by atoms with Crippen molar-refractivity contribution in [2.24, 2.45) is 11.8 Å².